The average Bonchev–Trinajstić information content (AvgIpc) is 3.22. The molecule has 24 heavy (non-hydrogen) atoms. The Kier molecular flexibility index (Phi) is 4.93. The van der Waals surface area contributed by atoms with Gasteiger partial charge >= 0.3 is 0 Å². The summed E-state index contributed by atoms with van der Waals surface area (Å²) >= 11 is 0. The number of aromatic nitrogens is 2. The van der Waals surface area contributed by atoms with Crippen LogP contribution in [0.15, 0.2) is 41.7 Å². The van der Waals surface area contributed by atoms with Crippen LogP contribution in [0.4, 0.5) is 0 Å². The van der Waals surface area contributed by atoms with Crippen LogP contribution < -0.4 is 5.32 Å². The molecule has 1 atom stereocenters. The number of aryl methyl sites for hydroxylation is 2. The first-order valence-electron chi connectivity index (χ1n) is 8.26. The van der Waals surface area contributed by atoms with Gasteiger partial charge in [0.15, 0.2) is 0 Å². The molecule has 1 aromatic heterocycles. The lowest BCUT2D eigenvalue weighted by Gasteiger charge is -2.09. The molecule has 1 aliphatic heterocycles. The van der Waals surface area contributed by atoms with Gasteiger partial charge in [0.05, 0.1) is 11.4 Å². The van der Waals surface area contributed by atoms with Gasteiger partial charge in [0.25, 0.3) is 5.91 Å². The Labute approximate surface area is 141 Å². The van der Waals surface area contributed by atoms with Crippen LogP contribution in [0, 0.1) is 6.92 Å². The van der Waals surface area contributed by atoms with Crippen LogP contribution in [-0.4, -0.2) is 34.0 Å². The van der Waals surface area contributed by atoms with E-state index < -0.39 is 6.10 Å². The molecule has 126 valence electrons. The third-order valence-corrected chi connectivity index (χ3v) is 4.10. The maximum absolute atomic E-state index is 12.2. The normalized spacial score (nSPS) is 16.6. The van der Waals surface area contributed by atoms with Crippen molar-refractivity contribution >= 4 is 11.6 Å². The van der Waals surface area contributed by atoms with Crippen molar-refractivity contribution in [2.24, 2.45) is 5.16 Å². The molecule has 0 saturated heterocycles. The molecule has 2 heterocycles. The Morgan fingerprint density at radius 1 is 1.38 bits per heavy atom. The minimum Gasteiger partial charge on any atom is -0.382 e. The maximum atomic E-state index is 12.2. The van der Waals surface area contributed by atoms with E-state index in [-0.39, 0.29) is 5.91 Å². The SMILES string of the molecule is CCn1cc(C2=NOC(C(=O)NCCc3ccccc3)C2)c(C)n1. The van der Waals surface area contributed by atoms with E-state index in [2.05, 4.69) is 15.6 Å². The van der Waals surface area contributed by atoms with Crippen LogP contribution in [0.2, 0.25) is 0 Å². The molecule has 6 nitrogen and oxygen atoms in total. The number of oxime groups is 1. The number of carbonyl (C=O) groups excluding carboxylic acids is 1. The van der Waals surface area contributed by atoms with E-state index in [1.165, 1.54) is 5.56 Å². The first-order chi connectivity index (χ1) is 11.7. The third kappa shape index (κ3) is 3.64. The molecule has 2 aromatic rings. The average molecular weight is 326 g/mol. The van der Waals surface area contributed by atoms with Gasteiger partial charge in [-0.1, -0.05) is 35.5 Å². The summed E-state index contributed by atoms with van der Waals surface area (Å²) in [7, 11) is 0. The molecule has 0 aliphatic carbocycles. The first-order valence-corrected chi connectivity index (χ1v) is 8.26. The molecule has 0 bridgehead atoms. The van der Waals surface area contributed by atoms with Gasteiger partial charge in [0.1, 0.15) is 0 Å². The number of amides is 1. The summed E-state index contributed by atoms with van der Waals surface area (Å²) in [5, 5.41) is 11.4. The number of benzene rings is 1. The van der Waals surface area contributed by atoms with E-state index >= 15 is 0 Å². The smallest absolute Gasteiger partial charge is 0.264 e. The molecule has 1 aliphatic rings. The number of carbonyl (C=O) groups is 1. The van der Waals surface area contributed by atoms with Crippen molar-refractivity contribution in [1.82, 2.24) is 15.1 Å². The molecule has 0 fully saturated rings. The van der Waals surface area contributed by atoms with Crippen molar-refractivity contribution < 1.29 is 9.63 Å². The van der Waals surface area contributed by atoms with Gasteiger partial charge in [-0.05, 0) is 25.8 Å². The van der Waals surface area contributed by atoms with E-state index in [0.717, 1.165) is 29.9 Å². The highest BCUT2D eigenvalue weighted by Gasteiger charge is 2.30. The van der Waals surface area contributed by atoms with Crippen molar-refractivity contribution in [1.29, 1.82) is 0 Å². The van der Waals surface area contributed by atoms with Crippen molar-refractivity contribution in [2.45, 2.75) is 39.3 Å². The largest absolute Gasteiger partial charge is 0.382 e. The lowest BCUT2D eigenvalue weighted by Crippen LogP contribution is -2.36. The summed E-state index contributed by atoms with van der Waals surface area (Å²) in [6.07, 6.45) is 2.68. The van der Waals surface area contributed by atoms with Crippen LogP contribution in [0.3, 0.4) is 0 Å². The predicted octanol–water partition coefficient (Wildman–Crippen LogP) is 2.06. The Bertz CT molecular complexity index is 737. The van der Waals surface area contributed by atoms with E-state index in [9.17, 15) is 4.79 Å². The Morgan fingerprint density at radius 3 is 2.88 bits per heavy atom. The monoisotopic (exact) mass is 326 g/mol. The number of nitrogens with one attached hydrogen (secondary N) is 1. The Hall–Kier alpha value is -2.63. The van der Waals surface area contributed by atoms with Gasteiger partial charge in [0.2, 0.25) is 6.10 Å². The lowest BCUT2D eigenvalue weighted by atomic mass is 10.1. The van der Waals surface area contributed by atoms with E-state index in [0.29, 0.717) is 13.0 Å². The zero-order valence-corrected chi connectivity index (χ0v) is 14.0. The van der Waals surface area contributed by atoms with Crippen LogP contribution in [0.25, 0.3) is 0 Å². The molecule has 1 amide bonds. The number of rotatable bonds is 6. The summed E-state index contributed by atoms with van der Waals surface area (Å²) in [6, 6.07) is 10.1. The van der Waals surface area contributed by atoms with E-state index in [4.69, 9.17) is 4.84 Å². The number of hydrogen-bond donors (Lipinski definition) is 1. The molecule has 1 aromatic carbocycles. The zero-order valence-electron chi connectivity index (χ0n) is 14.0. The van der Waals surface area contributed by atoms with Crippen molar-refractivity contribution in [3.63, 3.8) is 0 Å². The summed E-state index contributed by atoms with van der Waals surface area (Å²) in [4.78, 5) is 17.5. The number of nitrogens with zero attached hydrogens (tertiary/aromatic N) is 3. The fourth-order valence-electron chi connectivity index (χ4n) is 2.73. The van der Waals surface area contributed by atoms with Gasteiger partial charge in [-0.15, -0.1) is 0 Å². The molecule has 6 heteroatoms. The molecule has 1 unspecified atom stereocenters. The van der Waals surface area contributed by atoms with Crippen LogP contribution in [0.5, 0.6) is 0 Å². The highest BCUT2D eigenvalue weighted by Crippen LogP contribution is 2.19. The predicted molar refractivity (Wildman–Crippen MR) is 91.8 cm³/mol. The highest BCUT2D eigenvalue weighted by atomic mass is 16.6. The van der Waals surface area contributed by atoms with Gasteiger partial charge in [-0.3, -0.25) is 9.48 Å². The van der Waals surface area contributed by atoms with Gasteiger partial charge < -0.3 is 10.2 Å². The standard InChI is InChI=1S/C18H22N4O2/c1-3-22-12-15(13(2)20-22)16-11-17(24-21-16)18(23)19-10-9-14-7-5-4-6-8-14/h4-8,12,17H,3,9-11H2,1-2H3,(H,19,23). The van der Waals surface area contributed by atoms with Gasteiger partial charge in [-0.2, -0.15) is 5.10 Å². The van der Waals surface area contributed by atoms with Crippen molar-refractivity contribution in [3.8, 4) is 0 Å². The molecule has 3 rings (SSSR count). The fourth-order valence-corrected chi connectivity index (χ4v) is 2.73. The second-order valence-electron chi connectivity index (χ2n) is 5.85. The second-order valence-corrected chi connectivity index (χ2v) is 5.85. The summed E-state index contributed by atoms with van der Waals surface area (Å²) < 4.78 is 1.86. The zero-order chi connectivity index (χ0) is 16.9. The molecule has 0 spiro atoms. The minimum atomic E-state index is -0.555. The number of hydrogen-bond acceptors (Lipinski definition) is 4. The van der Waals surface area contributed by atoms with E-state index in [1.54, 1.807) is 0 Å². The Morgan fingerprint density at radius 2 is 2.17 bits per heavy atom. The lowest BCUT2D eigenvalue weighted by molar-refractivity contribution is -0.131. The van der Waals surface area contributed by atoms with Gasteiger partial charge in [-0.25, -0.2) is 0 Å². The maximum Gasteiger partial charge on any atom is 0.264 e. The molecule has 1 N–H and O–H groups in total. The fraction of sp³-hybridized carbons (Fsp3) is 0.389. The highest BCUT2D eigenvalue weighted by molar-refractivity contribution is 6.04. The first kappa shape index (κ1) is 16.2. The molecular formula is C18H22N4O2. The van der Waals surface area contributed by atoms with E-state index in [1.807, 2.05) is 55.1 Å². The summed E-state index contributed by atoms with van der Waals surface area (Å²) in [6.45, 7) is 5.37. The third-order valence-electron chi connectivity index (χ3n) is 4.10. The Balaban J connectivity index is 1.50. The second kappa shape index (κ2) is 7.29. The molecule has 0 radical (unpaired) electrons. The quantitative estimate of drug-likeness (QED) is 0.883. The summed E-state index contributed by atoms with van der Waals surface area (Å²) in [5.74, 6) is -0.120. The van der Waals surface area contributed by atoms with Crippen LogP contribution in [0.1, 0.15) is 30.2 Å². The van der Waals surface area contributed by atoms with Crippen molar-refractivity contribution in [2.75, 3.05) is 6.54 Å². The van der Waals surface area contributed by atoms with Crippen molar-refractivity contribution in [3.05, 3.63) is 53.3 Å². The van der Waals surface area contributed by atoms with Crippen LogP contribution >= 0.6 is 0 Å². The summed E-state index contributed by atoms with van der Waals surface area (Å²) in [5.41, 5.74) is 3.85. The molecule has 0 saturated carbocycles. The topological polar surface area (TPSA) is 68.5 Å². The molecular weight excluding hydrogens is 304 g/mol. The minimum absolute atomic E-state index is 0.120. The van der Waals surface area contributed by atoms with Crippen LogP contribution in [-0.2, 0) is 22.6 Å². The van der Waals surface area contributed by atoms with Gasteiger partial charge in [0, 0.05) is 31.3 Å².